The molecule has 1 saturated heterocycles. The van der Waals surface area contributed by atoms with E-state index in [4.69, 9.17) is 0 Å². The van der Waals surface area contributed by atoms with E-state index in [1.54, 1.807) is 17.3 Å². The van der Waals surface area contributed by atoms with E-state index < -0.39 is 11.9 Å². The van der Waals surface area contributed by atoms with Gasteiger partial charge in [-0.3, -0.25) is 0 Å². The second-order valence-corrected chi connectivity index (χ2v) is 4.81. The van der Waals surface area contributed by atoms with Gasteiger partial charge in [0.25, 0.3) is 0 Å². The maximum Gasteiger partial charge on any atom is 0.433 e. The van der Waals surface area contributed by atoms with Crippen LogP contribution in [0.15, 0.2) is 30.7 Å². The highest BCUT2D eigenvalue weighted by molar-refractivity contribution is 5.45. The van der Waals surface area contributed by atoms with Crippen molar-refractivity contribution in [1.29, 1.82) is 0 Å². The molecule has 116 valence electrons. The molecule has 3 heterocycles. The standard InChI is InChI=1S/C13H13F3N6/c14-13(15,16)11-2-3-17-12(20-11)22-7-5-21(6-8-22)10-1-4-18-19-9-10/h1-4,9H,5-8H2. The third kappa shape index (κ3) is 3.07. The smallest absolute Gasteiger partial charge is 0.367 e. The second-order valence-electron chi connectivity index (χ2n) is 4.81. The number of hydrogen-bond donors (Lipinski definition) is 0. The van der Waals surface area contributed by atoms with Crippen LogP contribution in [0.5, 0.6) is 0 Å². The third-order valence-corrected chi connectivity index (χ3v) is 3.43. The van der Waals surface area contributed by atoms with E-state index in [9.17, 15) is 13.2 Å². The lowest BCUT2D eigenvalue weighted by Crippen LogP contribution is -2.47. The van der Waals surface area contributed by atoms with Gasteiger partial charge in [-0.25, -0.2) is 9.97 Å². The quantitative estimate of drug-likeness (QED) is 0.840. The van der Waals surface area contributed by atoms with Crippen LogP contribution < -0.4 is 9.80 Å². The van der Waals surface area contributed by atoms with Gasteiger partial charge in [-0.1, -0.05) is 0 Å². The van der Waals surface area contributed by atoms with Crippen LogP contribution >= 0.6 is 0 Å². The van der Waals surface area contributed by atoms with E-state index in [0.29, 0.717) is 26.2 Å². The summed E-state index contributed by atoms with van der Waals surface area (Å²) >= 11 is 0. The zero-order valence-corrected chi connectivity index (χ0v) is 11.5. The van der Waals surface area contributed by atoms with Gasteiger partial charge in [-0.15, -0.1) is 0 Å². The molecule has 2 aromatic rings. The fourth-order valence-electron chi connectivity index (χ4n) is 2.29. The Morgan fingerprint density at radius 1 is 0.909 bits per heavy atom. The van der Waals surface area contributed by atoms with Crippen LogP contribution in [0, 0.1) is 0 Å². The molecule has 0 saturated carbocycles. The summed E-state index contributed by atoms with van der Waals surface area (Å²) in [5, 5.41) is 7.54. The summed E-state index contributed by atoms with van der Waals surface area (Å²) < 4.78 is 38.1. The molecule has 0 amide bonds. The highest BCUT2D eigenvalue weighted by Crippen LogP contribution is 2.28. The van der Waals surface area contributed by atoms with Crippen LogP contribution in [0.4, 0.5) is 24.8 Å². The van der Waals surface area contributed by atoms with Crippen LogP contribution in [-0.2, 0) is 6.18 Å². The van der Waals surface area contributed by atoms with Gasteiger partial charge in [-0.2, -0.15) is 23.4 Å². The maximum atomic E-state index is 12.7. The number of anilines is 2. The van der Waals surface area contributed by atoms with E-state index in [2.05, 4.69) is 25.1 Å². The maximum absolute atomic E-state index is 12.7. The average molecular weight is 310 g/mol. The Morgan fingerprint density at radius 2 is 1.64 bits per heavy atom. The van der Waals surface area contributed by atoms with E-state index in [1.165, 1.54) is 0 Å². The van der Waals surface area contributed by atoms with Gasteiger partial charge < -0.3 is 9.80 Å². The Morgan fingerprint density at radius 3 is 2.27 bits per heavy atom. The van der Waals surface area contributed by atoms with Crippen molar-refractivity contribution in [3.8, 4) is 0 Å². The van der Waals surface area contributed by atoms with Crippen LogP contribution in [-0.4, -0.2) is 46.3 Å². The van der Waals surface area contributed by atoms with E-state index in [0.717, 1.165) is 18.0 Å². The highest BCUT2D eigenvalue weighted by atomic mass is 19.4. The Bertz CT molecular complexity index is 625. The van der Waals surface area contributed by atoms with Gasteiger partial charge in [-0.05, 0) is 12.1 Å². The summed E-state index contributed by atoms with van der Waals surface area (Å²) in [5.41, 5.74) is 0.0258. The minimum Gasteiger partial charge on any atom is -0.367 e. The lowest BCUT2D eigenvalue weighted by molar-refractivity contribution is -0.141. The van der Waals surface area contributed by atoms with Gasteiger partial charge in [0.1, 0.15) is 5.69 Å². The summed E-state index contributed by atoms with van der Waals surface area (Å²) in [5.74, 6) is 0.113. The number of halogens is 3. The molecule has 0 spiro atoms. The zero-order valence-electron chi connectivity index (χ0n) is 11.5. The average Bonchev–Trinajstić information content (AvgIpc) is 2.55. The normalized spacial score (nSPS) is 16.0. The first-order valence-corrected chi connectivity index (χ1v) is 6.71. The van der Waals surface area contributed by atoms with Crippen molar-refractivity contribution in [1.82, 2.24) is 20.2 Å². The van der Waals surface area contributed by atoms with E-state index in [1.807, 2.05) is 6.07 Å². The van der Waals surface area contributed by atoms with E-state index >= 15 is 0 Å². The summed E-state index contributed by atoms with van der Waals surface area (Å²) in [4.78, 5) is 11.4. The highest BCUT2D eigenvalue weighted by Gasteiger charge is 2.33. The summed E-state index contributed by atoms with van der Waals surface area (Å²) in [6, 6.07) is 2.73. The van der Waals surface area contributed by atoms with Crippen molar-refractivity contribution >= 4 is 11.6 Å². The van der Waals surface area contributed by atoms with Gasteiger partial charge in [0, 0.05) is 32.4 Å². The minimum absolute atomic E-state index is 0.113. The SMILES string of the molecule is FC(F)(F)c1ccnc(N2CCN(c3ccnnc3)CC2)n1. The van der Waals surface area contributed by atoms with Crippen molar-refractivity contribution in [2.24, 2.45) is 0 Å². The molecule has 1 fully saturated rings. The topological polar surface area (TPSA) is 58.0 Å². The monoisotopic (exact) mass is 310 g/mol. The fourth-order valence-corrected chi connectivity index (χ4v) is 2.29. The number of alkyl halides is 3. The minimum atomic E-state index is -4.46. The van der Waals surface area contributed by atoms with Crippen molar-refractivity contribution in [3.05, 3.63) is 36.4 Å². The number of nitrogens with zero attached hydrogens (tertiary/aromatic N) is 6. The fraction of sp³-hybridized carbons (Fsp3) is 0.385. The lowest BCUT2D eigenvalue weighted by Gasteiger charge is -2.35. The van der Waals surface area contributed by atoms with Gasteiger partial charge >= 0.3 is 6.18 Å². The summed E-state index contributed by atoms with van der Waals surface area (Å²) in [6.45, 7) is 2.41. The first kappa shape index (κ1) is 14.5. The molecule has 0 aliphatic carbocycles. The largest absolute Gasteiger partial charge is 0.433 e. The Labute approximate surface area is 124 Å². The first-order chi connectivity index (χ1) is 10.5. The summed E-state index contributed by atoms with van der Waals surface area (Å²) in [6.07, 6.45) is -0.0411. The number of hydrogen-bond acceptors (Lipinski definition) is 6. The third-order valence-electron chi connectivity index (χ3n) is 3.43. The van der Waals surface area contributed by atoms with Crippen LogP contribution in [0.1, 0.15) is 5.69 Å². The molecule has 0 bridgehead atoms. The number of rotatable bonds is 2. The van der Waals surface area contributed by atoms with Gasteiger partial charge in [0.15, 0.2) is 0 Å². The first-order valence-electron chi connectivity index (χ1n) is 6.71. The molecule has 0 unspecified atom stereocenters. The Kier molecular flexibility index (Phi) is 3.78. The molecule has 3 rings (SSSR count). The molecule has 22 heavy (non-hydrogen) atoms. The van der Waals surface area contributed by atoms with Crippen LogP contribution in [0.2, 0.25) is 0 Å². The van der Waals surface area contributed by atoms with Crippen LogP contribution in [0.25, 0.3) is 0 Å². The molecule has 1 aliphatic heterocycles. The zero-order chi connectivity index (χ0) is 15.6. The molecule has 9 heteroatoms. The Balaban J connectivity index is 1.69. The van der Waals surface area contributed by atoms with Crippen LogP contribution in [0.3, 0.4) is 0 Å². The summed E-state index contributed by atoms with van der Waals surface area (Å²) in [7, 11) is 0. The second kappa shape index (κ2) is 5.74. The predicted octanol–water partition coefficient (Wildman–Crippen LogP) is 1.61. The van der Waals surface area contributed by atoms with Crippen molar-refractivity contribution in [2.75, 3.05) is 36.0 Å². The number of aromatic nitrogens is 4. The molecule has 2 aromatic heterocycles. The molecule has 1 aliphatic rings. The molecule has 0 aromatic carbocycles. The molecule has 0 atom stereocenters. The molecular weight excluding hydrogens is 297 g/mol. The van der Waals surface area contributed by atoms with Crippen molar-refractivity contribution < 1.29 is 13.2 Å². The Hall–Kier alpha value is -2.45. The molecule has 0 radical (unpaired) electrons. The predicted molar refractivity (Wildman–Crippen MR) is 73.5 cm³/mol. The molecule has 6 nitrogen and oxygen atoms in total. The van der Waals surface area contributed by atoms with Gasteiger partial charge in [0.2, 0.25) is 5.95 Å². The lowest BCUT2D eigenvalue weighted by atomic mass is 10.3. The van der Waals surface area contributed by atoms with Gasteiger partial charge in [0.05, 0.1) is 18.1 Å². The number of piperazine rings is 1. The molecular formula is C13H13F3N6. The molecule has 0 N–H and O–H groups in total. The van der Waals surface area contributed by atoms with Crippen molar-refractivity contribution in [3.63, 3.8) is 0 Å². The van der Waals surface area contributed by atoms with E-state index in [-0.39, 0.29) is 5.95 Å². The van der Waals surface area contributed by atoms with Crippen molar-refractivity contribution in [2.45, 2.75) is 6.18 Å².